The second kappa shape index (κ2) is 10.5. The van der Waals surface area contributed by atoms with E-state index in [9.17, 15) is 14.9 Å². The number of anilines is 3. The van der Waals surface area contributed by atoms with E-state index in [0.29, 0.717) is 12.2 Å². The van der Waals surface area contributed by atoms with Crippen molar-refractivity contribution in [2.24, 2.45) is 0 Å². The molecule has 1 aromatic heterocycles. The van der Waals surface area contributed by atoms with Crippen LogP contribution in [0.15, 0.2) is 30.6 Å². The first-order chi connectivity index (χ1) is 14.6. The van der Waals surface area contributed by atoms with Crippen LogP contribution in [-0.4, -0.2) is 58.5 Å². The zero-order valence-corrected chi connectivity index (χ0v) is 17.0. The fraction of sp³-hybridized carbons (Fsp3) is 0.450. The summed E-state index contributed by atoms with van der Waals surface area (Å²) in [5, 5.41) is 17.7. The summed E-state index contributed by atoms with van der Waals surface area (Å²) < 4.78 is 5.06. The van der Waals surface area contributed by atoms with Gasteiger partial charge in [0, 0.05) is 13.1 Å². The molecule has 10 nitrogen and oxygen atoms in total. The number of benzene rings is 1. The van der Waals surface area contributed by atoms with Gasteiger partial charge >= 0.3 is 11.7 Å². The number of nitrogens with zero attached hydrogens (tertiary/aromatic N) is 4. The zero-order valence-electron chi connectivity index (χ0n) is 17.0. The van der Waals surface area contributed by atoms with Gasteiger partial charge in [-0.1, -0.05) is 18.6 Å². The second-order valence-corrected chi connectivity index (χ2v) is 6.90. The number of nitrogens with one attached hydrogen (secondary N) is 2. The standard InChI is InChI=1S/C20H26N6O4/c1-2-30-20(27)15-8-4-5-9-16(15)24-19-17(26(28)29)18(22-14-23-19)21-10-13-25-11-6-3-7-12-25/h4-5,8-9,14H,2-3,6-7,10-13H2,1H3,(H2,21,22,23,24). The van der Waals surface area contributed by atoms with Crippen molar-refractivity contribution in [3.63, 3.8) is 0 Å². The zero-order chi connectivity index (χ0) is 21.3. The van der Waals surface area contributed by atoms with E-state index < -0.39 is 10.9 Å². The topological polar surface area (TPSA) is 123 Å². The van der Waals surface area contributed by atoms with Gasteiger partial charge in [0.25, 0.3) is 0 Å². The summed E-state index contributed by atoms with van der Waals surface area (Å²) in [5.41, 5.74) is 0.374. The van der Waals surface area contributed by atoms with Crippen LogP contribution in [0.5, 0.6) is 0 Å². The quantitative estimate of drug-likeness (QED) is 0.362. The molecule has 0 bridgehead atoms. The molecule has 0 unspecified atom stereocenters. The lowest BCUT2D eigenvalue weighted by atomic mass is 10.1. The lowest BCUT2D eigenvalue weighted by molar-refractivity contribution is -0.383. The number of hydrogen-bond donors (Lipinski definition) is 2. The fourth-order valence-corrected chi connectivity index (χ4v) is 3.39. The highest BCUT2D eigenvalue weighted by Gasteiger charge is 2.24. The predicted molar refractivity (Wildman–Crippen MR) is 113 cm³/mol. The van der Waals surface area contributed by atoms with Crippen LogP contribution in [-0.2, 0) is 4.74 Å². The van der Waals surface area contributed by atoms with Crippen molar-refractivity contribution >= 4 is 29.0 Å². The van der Waals surface area contributed by atoms with Gasteiger partial charge < -0.3 is 20.3 Å². The van der Waals surface area contributed by atoms with Gasteiger partial charge in [0.05, 0.1) is 22.8 Å². The lowest BCUT2D eigenvalue weighted by Gasteiger charge is -2.26. The Bertz CT molecular complexity index is 885. The third-order valence-electron chi connectivity index (χ3n) is 4.85. The molecule has 0 spiro atoms. The van der Waals surface area contributed by atoms with Crippen molar-refractivity contribution in [1.82, 2.24) is 14.9 Å². The molecule has 3 rings (SSSR count). The van der Waals surface area contributed by atoms with E-state index in [1.165, 1.54) is 25.6 Å². The van der Waals surface area contributed by atoms with E-state index in [4.69, 9.17) is 4.74 Å². The average Bonchev–Trinajstić information content (AvgIpc) is 2.75. The van der Waals surface area contributed by atoms with Crippen LogP contribution >= 0.6 is 0 Å². The van der Waals surface area contributed by atoms with Gasteiger partial charge in [-0.15, -0.1) is 0 Å². The Kier molecular flexibility index (Phi) is 7.50. The van der Waals surface area contributed by atoms with E-state index in [2.05, 4.69) is 25.5 Å². The molecule has 0 saturated carbocycles. The Morgan fingerprint density at radius 3 is 2.67 bits per heavy atom. The van der Waals surface area contributed by atoms with Crippen molar-refractivity contribution in [3.8, 4) is 0 Å². The summed E-state index contributed by atoms with van der Waals surface area (Å²) in [5.74, 6) is -0.368. The summed E-state index contributed by atoms with van der Waals surface area (Å²) in [4.78, 5) is 33.8. The van der Waals surface area contributed by atoms with Crippen LogP contribution in [0.4, 0.5) is 23.0 Å². The second-order valence-electron chi connectivity index (χ2n) is 6.90. The van der Waals surface area contributed by atoms with Gasteiger partial charge in [0.2, 0.25) is 11.6 Å². The molecule has 0 radical (unpaired) electrons. The van der Waals surface area contributed by atoms with Gasteiger partial charge in [0.1, 0.15) is 6.33 Å². The summed E-state index contributed by atoms with van der Waals surface area (Å²) in [7, 11) is 0. The predicted octanol–water partition coefficient (Wildman–Crippen LogP) is 3.20. The highest BCUT2D eigenvalue weighted by Crippen LogP contribution is 2.32. The molecule has 10 heteroatoms. The van der Waals surface area contributed by atoms with E-state index in [-0.39, 0.29) is 29.5 Å². The molecule has 1 aliphatic heterocycles. The van der Waals surface area contributed by atoms with Crippen molar-refractivity contribution in [2.75, 3.05) is 43.4 Å². The smallest absolute Gasteiger partial charge is 0.353 e. The average molecular weight is 414 g/mol. The number of hydrogen-bond acceptors (Lipinski definition) is 9. The number of para-hydroxylation sites is 1. The molecule has 0 aliphatic carbocycles. The molecule has 1 aromatic carbocycles. The lowest BCUT2D eigenvalue weighted by Crippen LogP contribution is -2.33. The van der Waals surface area contributed by atoms with Gasteiger partial charge in [-0.3, -0.25) is 10.1 Å². The van der Waals surface area contributed by atoms with E-state index in [1.54, 1.807) is 31.2 Å². The van der Waals surface area contributed by atoms with Gasteiger partial charge in [0.15, 0.2) is 0 Å². The van der Waals surface area contributed by atoms with Gasteiger partial charge in [-0.2, -0.15) is 0 Å². The number of esters is 1. The molecule has 2 heterocycles. The first-order valence-electron chi connectivity index (χ1n) is 10.1. The Balaban J connectivity index is 1.78. The van der Waals surface area contributed by atoms with Gasteiger partial charge in [-0.25, -0.2) is 14.8 Å². The number of likely N-dealkylation sites (tertiary alicyclic amines) is 1. The minimum absolute atomic E-state index is 0.00669. The van der Waals surface area contributed by atoms with E-state index in [0.717, 1.165) is 19.6 Å². The molecule has 0 amide bonds. The minimum Gasteiger partial charge on any atom is -0.462 e. The summed E-state index contributed by atoms with van der Waals surface area (Å²) in [6.45, 7) is 5.36. The Hall–Kier alpha value is -3.27. The summed E-state index contributed by atoms with van der Waals surface area (Å²) in [6.07, 6.45) is 4.87. The maximum Gasteiger partial charge on any atom is 0.353 e. The summed E-state index contributed by atoms with van der Waals surface area (Å²) >= 11 is 0. The molecule has 1 fully saturated rings. The molecule has 160 valence electrons. The van der Waals surface area contributed by atoms with Gasteiger partial charge in [-0.05, 0) is 45.0 Å². The molecule has 2 N–H and O–H groups in total. The first kappa shape index (κ1) is 21.4. The third kappa shape index (κ3) is 5.41. The van der Waals surface area contributed by atoms with Crippen molar-refractivity contribution in [2.45, 2.75) is 26.2 Å². The molecule has 1 saturated heterocycles. The monoisotopic (exact) mass is 414 g/mol. The number of rotatable bonds is 9. The fourth-order valence-electron chi connectivity index (χ4n) is 3.39. The Morgan fingerprint density at radius 1 is 1.20 bits per heavy atom. The third-order valence-corrected chi connectivity index (χ3v) is 4.85. The highest BCUT2D eigenvalue weighted by molar-refractivity contribution is 5.96. The highest BCUT2D eigenvalue weighted by atomic mass is 16.6. The van der Waals surface area contributed by atoms with Crippen LogP contribution in [0.3, 0.4) is 0 Å². The van der Waals surface area contributed by atoms with Crippen LogP contribution < -0.4 is 10.6 Å². The van der Waals surface area contributed by atoms with Crippen LogP contribution in [0, 0.1) is 10.1 Å². The molecule has 1 aliphatic rings. The molecule has 0 atom stereocenters. The Morgan fingerprint density at radius 2 is 1.93 bits per heavy atom. The van der Waals surface area contributed by atoms with Crippen molar-refractivity contribution in [1.29, 1.82) is 0 Å². The van der Waals surface area contributed by atoms with Crippen LogP contribution in [0.25, 0.3) is 0 Å². The maximum atomic E-state index is 12.2. The molecular formula is C20H26N6O4. The Labute approximate surface area is 174 Å². The minimum atomic E-state index is -0.529. The van der Waals surface area contributed by atoms with Crippen LogP contribution in [0.1, 0.15) is 36.5 Å². The SMILES string of the molecule is CCOC(=O)c1ccccc1Nc1ncnc(NCCN2CCCCC2)c1[N+](=O)[O-]. The first-order valence-corrected chi connectivity index (χ1v) is 10.1. The van der Waals surface area contributed by atoms with Crippen molar-refractivity contribution in [3.05, 3.63) is 46.3 Å². The summed E-state index contributed by atoms with van der Waals surface area (Å²) in [6, 6.07) is 6.64. The molecule has 30 heavy (non-hydrogen) atoms. The van der Waals surface area contributed by atoms with E-state index in [1.807, 2.05) is 0 Å². The van der Waals surface area contributed by atoms with Crippen molar-refractivity contribution < 1.29 is 14.5 Å². The largest absolute Gasteiger partial charge is 0.462 e. The number of carbonyl (C=O) groups is 1. The van der Waals surface area contributed by atoms with E-state index >= 15 is 0 Å². The number of aromatic nitrogens is 2. The number of piperidine rings is 1. The molecular weight excluding hydrogens is 388 g/mol. The molecule has 2 aromatic rings. The number of carbonyl (C=O) groups excluding carboxylic acids is 1. The number of nitro groups is 1. The normalized spacial score (nSPS) is 14.2. The number of ether oxygens (including phenoxy) is 1. The maximum absolute atomic E-state index is 12.2. The van der Waals surface area contributed by atoms with Crippen LogP contribution in [0.2, 0.25) is 0 Å².